The van der Waals surface area contributed by atoms with Crippen LogP contribution in [0.2, 0.25) is 0 Å². The van der Waals surface area contributed by atoms with E-state index in [0.29, 0.717) is 12.5 Å². The van der Waals surface area contributed by atoms with Crippen molar-refractivity contribution >= 4 is 5.97 Å². The van der Waals surface area contributed by atoms with Crippen molar-refractivity contribution in [2.45, 2.75) is 45.1 Å². The SMILES string of the molecule is CCC1CN(C)CCCN1CCCCC(=O)O. The van der Waals surface area contributed by atoms with E-state index in [-0.39, 0.29) is 0 Å². The zero-order valence-electron chi connectivity index (χ0n) is 11.2. The Labute approximate surface area is 105 Å². The minimum absolute atomic E-state index is 0.310. The zero-order chi connectivity index (χ0) is 12.7. The summed E-state index contributed by atoms with van der Waals surface area (Å²) in [5, 5.41) is 8.61. The number of aliphatic carboxylic acids is 1. The van der Waals surface area contributed by atoms with Crippen LogP contribution in [0.25, 0.3) is 0 Å². The Kier molecular flexibility index (Phi) is 6.52. The quantitative estimate of drug-likeness (QED) is 0.719. The Balaban J connectivity index is 2.30. The smallest absolute Gasteiger partial charge is 0.303 e. The lowest BCUT2D eigenvalue weighted by molar-refractivity contribution is -0.137. The predicted octanol–water partition coefficient (Wildman–Crippen LogP) is 1.66. The van der Waals surface area contributed by atoms with Gasteiger partial charge < -0.3 is 10.0 Å². The second kappa shape index (κ2) is 7.67. The highest BCUT2D eigenvalue weighted by Crippen LogP contribution is 2.13. The topological polar surface area (TPSA) is 43.8 Å². The van der Waals surface area contributed by atoms with E-state index in [0.717, 1.165) is 32.5 Å². The molecule has 1 aliphatic heterocycles. The maximum atomic E-state index is 10.4. The molecule has 4 nitrogen and oxygen atoms in total. The fraction of sp³-hybridized carbons (Fsp3) is 0.923. The fourth-order valence-corrected chi connectivity index (χ4v) is 2.57. The Bertz CT molecular complexity index is 233. The van der Waals surface area contributed by atoms with E-state index < -0.39 is 5.97 Å². The maximum absolute atomic E-state index is 10.4. The number of carboxylic acids is 1. The van der Waals surface area contributed by atoms with Crippen LogP contribution in [0, 0.1) is 0 Å². The molecule has 1 unspecified atom stereocenters. The second-order valence-electron chi connectivity index (χ2n) is 5.06. The summed E-state index contributed by atoms with van der Waals surface area (Å²) in [5.41, 5.74) is 0. The first-order valence-electron chi connectivity index (χ1n) is 6.78. The van der Waals surface area contributed by atoms with E-state index in [9.17, 15) is 4.79 Å². The number of hydrogen-bond donors (Lipinski definition) is 1. The lowest BCUT2D eigenvalue weighted by Crippen LogP contribution is -2.40. The standard InChI is InChI=1S/C13H26N2O2/c1-3-12-11-14(2)8-6-10-15(12)9-5-4-7-13(16)17/h12H,3-11H2,1-2H3,(H,16,17). The van der Waals surface area contributed by atoms with Crippen LogP contribution < -0.4 is 0 Å². The van der Waals surface area contributed by atoms with Gasteiger partial charge in [-0.15, -0.1) is 0 Å². The van der Waals surface area contributed by atoms with Crippen molar-refractivity contribution in [2.75, 3.05) is 33.2 Å². The van der Waals surface area contributed by atoms with Crippen molar-refractivity contribution in [3.05, 3.63) is 0 Å². The number of carboxylic acid groups (broad SMARTS) is 1. The molecule has 1 heterocycles. The van der Waals surface area contributed by atoms with E-state index in [1.54, 1.807) is 0 Å². The van der Waals surface area contributed by atoms with Gasteiger partial charge in [0.05, 0.1) is 0 Å². The number of nitrogens with zero attached hydrogens (tertiary/aromatic N) is 2. The van der Waals surface area contributed by atoms with Crippen LogP contribution in [-0.2, 0) is 4.79 Å². The van der Waals surface area contributed by atoms with Gasteiger partial charge in [0, 0.05) is 19.0 Å². The molecular weight excluding hydrogens is 216 g/mol. The van der Waals surface area contributed by atoms with Gasteiger partial charge in [0.15, 0.2) is 0 Å². The molecule has 1 fully saturated rings. The number of hydrogen-bond acceptors (Lipinski definition) is 3. The Morgan fingerprint density at radius 1 is 1.35 bits per heavy atom. The molecule has 0 saturated carbocycles. The molecule has 0 radical (unpaired) electrons. The van der Waals surface area contributed by atoms with E-state index in [1.165, 1.54) is 19.4 Å². The molecule has 0 spiro atoms. The molecule has 1 saturated heterocycles. The highest BCUT2D eigenvalue weighted by Gasteiger charge is 2.21. The number of unbranched alkanes of at least 4 members (excludes halogenated alkanes) is 1. The lowest BCUT2D eigenvalue weighted by Gasteiger charge is -2.30. The molecule has 17 heavy (non-hydrogen) atoms. The molecule has 0 bridgehead atoms. The third kappa shape index (κ3) is 5.50. The molecule has 1 aliphatic rings. The summed E-state index contributed by atoms with van der Waals surface area (Å²) in [6.45, 7) is 6.79. The molecule has 1 N–H and O–H groups in total. The first-order valence-corrected chi connectivity index (χ1v) is 6.78. The summed E-state index contributed by atoms with van der Waals surface area (Å²) >= 11 is 0. The van der Waals surface area contributed by atoms with Crippen molar-refractivity contribution < 1.29 is 9.90 Å². The average molecular weight is 242 g/mol. The van der Waals surface area contributed by atoms with Gasteiger partial charge in [-0.05, 0) is 52.4 Å². The van der Waals surface area contributed by atoms with E-state index in [2.05, 4.69) is 23.8 Å². The Morgan fingerprint density at radius 2 is 2.12 bits per heavy atom. The van der Waals surface area contributed by atoms with Crippen LogP contribution in [0.4, 0.5) is 0 Å². The van der Waals surface area contributed by atoms with Gasteiger partial charge in [-0.3, -0.25) is 9.69 Å². The molecule has 4 heteroatoms. The summed E-state index contributed by atoms with van der Waals surface area (Å²) in [4.78, 5) is 15.4. The highest BCUT2D eigenvalue weighted by atomic mass is 16.4. The highest BCUT2D eigenvalue weighted by molar-refractivity contribution is 5.66. The van der Waals surface area contributed by atoms with Gasteiger partial charge in [0.25, 0.3) is 0 Å². The zero-order valence-corrected chi connectivity index (χ0v) is 11.2. The minimum atomic E-state index is -0.673. The van der Waals surface area contributed by atoms with Gasteiger partial charge in [0.2, 0.25) is 0 Å². The largest absolute Gasteiger partial charge is 0.481 e. The molecular formula is C13H26N2O2. The van der Waals surface area contributed by atoms with Crippen LogP contribution in [0.15, 0.2) is 0 Å². The van der Waals surface area contributed by atoms with Crippen molar-refractivity contribution in [1.82, 2.24) is 9.80 Å². The minimum Gasteiger partial charge on any atom is -0.481 e. The van der Waals surface area contributed by atoms with Gasteiger partial charge in [0.1, 0.15) is 0 Å². The molecule has 0 aromatic carbocycles. The Hall–Kier alpha value is -0.610. The van der Waals surface area contributed by atoms with Gasteiger partial charge in [-0.1, -0.05) is 6.92 Å². The van der Waals surface area contributed by atoms with Gasteiger partial charge >= 0.3 is 5.97 Å². The number of rotatable bonds is 6. The fourth-order valence-electron chi connectivity index (χ4n) is 2.57. The third-order valence-electron chi connectivity index (χ3n) is 3.58. The van der Waals surface area contributed by atoms with E-state index >= 15 is 0 Å². The molecule has 0 aliphatic carbocycles. The molecule has 0 aromatic rings. The van der Waals surface area contributed by atoms with Crippen molar-refractivity contribution in [3.63, 3.8) is 0 Å². The number of likely N-dealkylation sites (N-methyl/N-ethyl adjacent to an activating group) is 1. The Morgan fingerprint density at radius 3 is 2.76 bits per heavy atom. The second-order valence-corrected chi connectivity index (χ2v) is 5.06. The monoisotopic (exact) mass is 242 g/mol. The van der Waals surface area contributed by atoms with E-state index in [4.69, 9.17) is 5.11 Å². The maximum Gasteiger partial charge on any atom is 0.303 e. The van der Waals surface area contributed by atoms with Gasteiger partial charge in [-0.2, -0.15) is 0 Å². The number of carbonyl (C=O) groups is 1. The predicted molar refractivity (Wildman–Crippen MR) is 69.3 cm³/mol. The molecule has 0 aromatic heterocycles. The van der Waals surface area contributed by atoms with Gasteiger partial charge in [-0.25, -0.2) is 0 Å². The summed E-state index contributed by atoms with van der Waals surface area (Å²) in [5.74, 6) is -0.673. The van der Waals surface area contributed by atoms with Crippen LogP contribution in [-0.4, -0.2) is 60.1 Å². The normalized spacial score (nSPS) is 23.5. The molecule has 1 atom stereocenters. The summed E-state index contributed by atoms with van der Waals surface area (Å²) in [6.07, 6.45) is 4.53. The van der Waals surface area contributed by atoms with Crippen LogP contribution >= 0.6 is 0 Å². The van der Waals surface area contributed by atoms with Crippen molar-refractivity contribution in [1.29, 1.82) is 0 Å². The molecule has 1 rings (SSSR count). The van der Waals surface area contributed by atoms with Crippen LogP contribution in [0.3, 0.4) is 0 Å². The van der Waals surface area contributed by atoms with E-state index in [1.807, 2.05) is 0 Å². The summed E-state index contributed by atoms with van der Waals surface area (Å²) in [6, 6.07) is 0.646. The lowest BCUT2D eigenvalue weighted by atomic mass is 10.1. The van der Waals surface area contributed by atoms with Crippen molar-refractivity contribution in [3.8, 4) is 0 Å². The average Bonchev–Trinajstić information content (AvgIpc) is 2.46. The van der Waals surface area contributed by atoms with Crippen LogP contribution in [0.5, 0.6) is 0 Å². The third-order valence-corrected chi connectivity index (χ3v) is 3.58. The first kappa shape index (κ1) is 14.5. The summed E-state index contributed by atoms with van der Waals surface area (Å²) < 4.78 is 0. The summed E-state index contributed by atoms with van der Waals surface area (Å²) in [7, 11) is 2.19. The molecule has 0 amide bonds. The first-order chi connectivity index (χ1) is 8.13. The van der Waals surface area contributed by atoms with Crippen LogP contribution in [0.1, 0.15) is 39.0 Å². The van der Waals surface area contributed by atoms with Crippen molar-refractivity contribution in [2.24, 2.45) is 0 Å². The molecule has 100 valence electrons.